The number of hydrogen-bond donors (Lipinski definition) is 2. The molecule has 1 aromatic carbocycles. The van der Waals surface area contributed by atoms with E-state index in [1.807, 2.05) is 24.0 Å². The third kappa shape index (κ3) is 3.70. The molecule has 7 heteroatoms. The Morgan fingerprint density at radius 1 is 1.30 bits per heavy atom. The maximum atomic E-state index is 13.3. The van der Waals surface area contributed by atoms with E-state index in [4.69, 9.17) is 4.74 Å². The summed E-state index contributed by atoms with van der Waals surface area (Å²) in [7, 11) is 2.01. The fourth-order valence-electron chi connectivity index (χ4n) is 3.87. The summed E-state index contributed by atoms with van der Waals surface area (Å²) >= 11 is 0. The fraction of sp³-hybridized carbons (Fsp3) is 0.450. The molecule has 0 aliphatic carbocycles. The van der Waals surface area contributed by atoms with Crippen LogP contribution < -0.4 is 10.2 Å². The Labute approximate surface area is 158 Å². The first-order valence-electron chi connectivity index (χ1n) is 9.45. The molecule has 144 valence electrons. The number of nitrogens with one attached hydrogen (secondary N) is 2. The first-order chi connectivity index (χ1) is 13.1. The van der Waals surface area contributed by atoms with Gasteiger partial charge < -0.3 is 19.9 Å². The lowest BCUT2D eigenvalue weighted by Gasteiger charge is -2.29. The van der Waals surface area contributed by atoms with Gasteiger partial charge >= 0.3 is 0 Å². The molecule has 0 atom stereocenters. The van der Waals surface area contributed by atoms with E-state index in [0.29, 0.717) is 0 Å². The van der Waals surface area contributed by atoms with E-state index in [0.717, 1.165) is 62.4 Å². The lowest BCUT2D eigenvalue weighted by Crippen LogP contribution is -2.38. The second-order valence-corrected chi connectivity index (χ2v) is 7.04. The molecule has 0 amide bonds. The maximum Gasteiger partial charge on any atom is 0.131 e. The van der Waals surface area contributed by atoms with Gasteiger partial charge in [-0.25, -0.2) is 4.39 Å². The summed E-state index contributed by atoms with van der Waals surface area (Å²) in [5, 5.41) is 9.26. The van der Waals surface area contributed by atoms with Crippen LogP contribution in [0.1, 0.15) is 16.8 Å². The van der Waals surface area contributed by atoms with Gasteiger partial charge in [0, 0.05) is 49.3 Å². The monoisotopic (exact) mass is 371 g/mol. The van der Waals surface area contributed by atoms with E-state index in [1.165, 1.54) is 23.0 Å². The zero-order valence-corrected chi connectivity index (χ0v) is 15.9. The molecule has 0 saturated carbocycles. The number of aryl methyl sites for hydroxylation is 2. The van der Waals surface area contributed by atoms with Crippen LogP contribution >= 0.6 is 0 Å². The standard InChI is InChI=1S/C20H26FN5O/c1-14-18(20(25(2)24-14)26-7-9-27-10-8-26)13-22-6-5-15-12-23-19-11-16(21)3-4-17(15)19/h3-4,11-12,22-23H,5-10,13H2,1-2H3. The number of H-pyrrole nitrogens is 1. The number of rotatable bonds is 6. The zero-order valence-electron chi connectivity index (χ0n) is 15.9. The van der Waals surface area contributed by atoms with Crippen molar-refractivity contribution in [3.05, 3.63) is 47.0 Å². The lowest BCUT2D eigenvalue weighted by atomic mass is 10.1. The number of morpholine rings is 1. The number of aromatic amines is 1. The molecule has 2 N–H and O–H groups in total. The smallest absolute Gasteiger partial charge is 0.131 e. The number of nitrogens with zero attached hydrogens (tertiary/aromatic N) is 3. The normalized spacial score (nSPS) is 15.0. The van der Waals surface area contributed by atoms with Crippen LogP contribution in [0.3, 0.4) is 0 Å². The van der Waals surface area contributed by atoms with E-state index >= 15 is 0 Å². The van der Waals surface area contributed by atoms with Crippen LogP contribution in [0.15, 0.2) is 24.4 Å². The minimum Gasteiger partial charge on any atom is -0.378 e. The average molecular weight is 371 g/mol. The highest BCUT2D eigenvalue weighted by atomic mass is 19.1. The van der Waals surface area contributed by atoms with Gasteiger partial charge in [0.25, 0.3) is 0 Å². The van der Waals surface area contributed by atoms with Gasteiger partial charge in [0.2, 0.25) is 0 Å². The van der Waals surface area contributed by atoms with Crippen molar-refractivity contribution < 1.29 is 9.13 Å². The van der Waals surface area contributed by atoms with E-state index in [-0.39, 0.29) is 5.82 Å². The van der Waals surface area contributed by atoms with Crippen LogP contribution in [-0.2, 0) is 24.8 Å². The molecular weight excluding hydrogens is 345 g/mol. The van der Waals surface area contributed by atoms with Crippen molar-refractivity contribution in [2.75, 3.05) is 37.7 Å². The molecule has 6 nitrogen and oxygen atoms in total. The Morgan fingerprint density at radius 2 is 2.11 bits per heavy atom. The number of hydrogen-bond acceptors (Lipinski definition) is 4. The van der Waals surface area contributed by atoms with Gasteiger partial charge in [0.05, 0.1) is 18.9 Å². The maximum absolute atomic E-state index is 13.3. The summed E-state index contributed by atoms with van der Waals surface area (Å²) in [5.41, 5.74) is 4.37. The molecule has 0 bridgehead atoms. The summed E-state index contributed by atoms with van der Waals surface area (Å²) in [6.45, 7) is 7.02. The van der Waals surface area contributed by atoms with Gasteiger partial charge in [-0.2, -0.15) is 5.10 Å². The fourth-order valence-corrected chi connectivity index (χ4v) is 3.87. The average Bonchev–Trinajstić information content (AvgIpc) is 3.19. The van der Waals surface area contributed by atoms with Crippen LogP contribution in [0.25, 0.3) is 10.9 Å². The predicted octanol–water partition coefficient (Wildman–Crippen LogP) is 2.52. The highest BCUT2D eigenvalue weighted by Gasteiger charge is 2.21. The molecule has 1 aliphatic rings. The van der Waals surface area contributed by atoms with Gasteiger partial charge in [-0.05, 0) is 43.7 Å². The van der Waals surface area contributed by atoms with Gasteiger partial charge in [0.15, 0.2) is 0 Å². The van der Waals surface area contributed by atoms with Crippen molar-refractivity contribution >= 4 is 16.7 Å². The molecule has 1 fully saturated rings. The van der Waals surface area contributed by atoms with Crippen LogP contribution in [0.4, 0.5) is 10.2 Å². The van der Waals surface area contributed by atoms with E-state index in [9.17, 15) is 4.39 Å². The van der Waals surface area contributed by atoms with Crippen molar-refractivity contribution in [2.24, 2.45) is 7.05 Å². The first-order valence-corrected chi connectivity index (χ1v) is 9.45. The summed E-state index contributed by atoms with van der Waals surface area (Å²) in [5.74, 6) is 0.975. The van der Waals surface area contributed by atoms with Crippen LogP contribution in [0, 0.1) is 12.7 Å². The minimum atomic E-state index is -0.211. The summed E-state index contributed by atoms with van der Waals surface area (Å²) in [6, 6.07) is 4.90. The van der Waals surface area contributed by atoms with Crippen LogP contribution in [0.2, 0.25) is 0 Å². The topological polar surface area (TPSA) is 58.1 Å². The predicted molar refractivity (Wildman–Crippen MR) is 105 cm³/mol. The highest BCUT2D eigenvalue weighted by Crippen LogP contribution is 2.24. The largest absolute Gasteiger partial charge is 0.378 e. The number of anilines is 1. The molecule has 2 aromatic heterocycles. The van der Waals surface area contributed by atoms with E-state index in [1.54, 1.807) is 6.07 Å². The second kappa shape index (κ2) is 7.70. The number of aromatic nitrogens is 3. The summed E-state index contributed by atoms with van der Waals surface area (Å²) in [4.78, 5) is 5.51. The SMILES string of the molecule is Cc1nn(C)c(N2CCOCC2)c1CNCCc1c[nH]c2cc(F)ccc12. The molecule has 3 heterocycles. The van der Waals surface area contributed by atoms with Crippen molar-refractivity contribution in [2.45, 2.75) is 19.9 Å². The molecule has 0 spiro atoms. The summed E-state index contributed by atoms with van der Waals surface area (Å²) < 4.78 is 20.8. The van der Waals surface area contributed by atoms with Gasteiger partial charge in [-0.15, -0.1) is 0 Å². The molecule has 1 saturated heterocycles. The van der Waals surface area contributed by atoms with Crippen molar-refractivity contribution in [1.29, 1.82) is 0 Å². The van der Waals surface area contributed by atoms with Gasteiger partial charge in [0.1, 0.15) is 11.6 Å². The molecule has 4 rings (SSSR count). The van der Waals surface area contributed by atoms with Crippen molar-refractivity contribution in [3.8, 4) is 0 Å². The van der Waals surface area contributed by atoms with E-state index in [2.05, 4.69) is 27.2 Å². The van der Waals surface area contributed by atoms with Gasteiger partial charge in [-0.1, -0.05) is 0 Å². The number of halogens is 1. The number of fused-ring (bicyclic) bond motifs is 1. The van der Waals surface area contributed by atoms with Crippen LogP contribution in [-0.4, -0.2) is 47.6 Å². The second-order valence-electron chi connectivity index (χ2n) is 7.04. The third-order valence-electron chi connectivity index (χ3n) is 5.23. The number of ether oxygens (including phenoxy) is 1. The Hall–Kier alpha value is -2.38. The molecule has 1 aliphatic heterocycles. The van der Waals surface area contributed by atoms with Crippen LogP contribution in [0.5, 0.6) is 0 Å². The molecule has 27 heavy (non-hydrogen) atoms. The Kier molecular flexibility index (Phi) is 5.13. The van der Waals surface area contributed by atoms with E-state index < -0.39 is 0 Å². The zero-order chi connectivity index (χ0) is 18.8. The quantitative estimate of drug-likeness (QED) is 0.654. The third-order valence-corrected chi connectivity index (χ3v) is 5.23. The molecular formula is C20H26FN5O. The summed E-state index contributed by atoms with van der Waals surface area (Å²) in [6.07, 6.45) is 2.86. The molecule has 0 radical (unpaired) electrons. The van der Waals surface area contributed by atoms with Crippen molar-refractivity contribution in [3.63, 3.8) is 0 Å². The Morgan fingerprint density at radius 3 is 2.93 bits per heavy atom. The Bertz CT molecular complexity index is 926. The lowest BCUT2D eigenvalue weighted by molar-refractivity contribution is 0.122. The highest BCUT2D eigenvalue weighted by molar-refractivity contribution is 5.83. The first kappa shape index (κ1) is 18.0. The van der Waals surface area contributed by atoms with Gasteiger partial charge in [-0.3, -0.25) is 4.68 Å². The number of benzene rings is 1. The Balaban J connectivity index is 1.40. The molecule has 3 aromatic rings. The molecule has 0 unspecified atom stereocenters. The van der Waals surface area contributed by atoms with Crippen molar-refractivity contribution in [1.82, 2.24) is 20.1 Å². The minimum absolute atomic E-state index is 0.211.